The standard InChI is InChI=1S/C15H21ClN2O/c1-11-5-6-14(13(16)8-11)17-15(19)10-18-7-3-4-12(2)9-18/h5-6,8,12H,3-4,7,9-10H2,1-2H3,(H,17,19)/t12-/m1/s1. The van der Waals surface area contributed by atoms with E-state index in [2.05, 4.69) is 17.1 Å². The third kappa shape index (κ3) is 4.22. The minimum atomic E-state index is 0.0138. The first-order valence-corrected chi connectivity index (χ1v) is 7.21. The van der Waals surface area contributed by atoms with E-state index < -0.39 is 0 Å². The van der Waals surface area contributed by atoms with Gasteiger partial charge in [0.05, 0.1) is 17.3 Å². The van der Waals surface area contributed by atoms with Crippen molar-refractivity contribution in [2.75, 3.05) is 25.0 Å². The molecule has 2 rings (SSSR count). The molecule has 1 amide bonds. The van der Waals surface area contributed by atoms with Crippen molar-refractivity contribution in [3.05, 3.63) is 28.8 Å². The Hall–Kier alpha value is -1.06. The molecule has 0 radical (unpaired) electrons. The van der Waals surface area contributed by atoms with Crippen LogP contribution < -0.4 is 5.32 Å². The van der Waals surface area contributed by atoms with E-state index >= 15 is 0 Å². The summed E-state index contributed by atoms with van der Waals surface area (Å²) in [6, 6.07) is 5.67. The molecule has 3 nitrogen and oxygen atoms in total. The molecule has 0 unspecified atom stereocenters. The van der Waals surface area contributed by atoms with Crippen molar-refractivity contribution in [1.82, 2.24) is 4.90 Å². The molecule has 1 heterocycles. The number of likely N-dealkylation sites (tertiary alicyclic amines) is 1. The number of aryl methyl sites for hydroxylation is 1. The first kappa shape index (κ1) is 14.4. The van der Waals surface area contributed by atoms with Gasteiger partial charge in [0.15, 0.2) is 0 Å². The first-order chi connectivity index (χ1) is 9.04. The lowest BCUT2D eigenvalue weighted by Crippen LogP contribution is -2.39. The fraction of sp³-hybridized carbons (Fsp3) is 0.533. The lowest BCUT2D eigenvalue weighted by molar-refractivity contribution is -0.117. The van der Waals surface area contributed by atoms with Crippen LogP contribution in [0, 0.1) is 12.8 Å². The number of piperidine rings is 1. The van der Waals surface area contributed by atoms with E-state index in [4.69, 9.17) is 11.6 Å². The molecule has 1 aliphatic rings. The van der Waals surface area contributed by atoms with E-state index in [0.29, 0.717) is 23.2 Å². The minimum Gasteiger partial charge on any atom is -0.324 e. The van der Waals surface area contributed by atoms with Crippen LogP contribution in [0.15, 0.2) is 18.2 Å². The number of hydrogen-bond acceptors (Lipinski definition) is 2. The van der Waals surface area contributed by atoms with Crippen molar-refractivity contribution in [2.24, 2.45) is 5.92 Å². The average molecular weight is 281 g/mol. The molecule has 4 heteroatoms. The summed E-state index contributed by atoms with van der Waals surface area (Å²) in [4.78, 5) is 14.2. The molecule has 1 aliphatic heterocycles. The number of nitrogens with zero attached hydrogens (tertiary/aromatic N) is 1. The number of carbonyl (C=O) groups excluding carboxylic acids is 1. The van der Waals surface area contributed by atoms with Gasteiger partial charge < -0.3 is 5.32 Å². The second kappa shape index (κ2) is 6.40. The Labute approximate surface area is 119 Å². The van der Waals surface area contributed by atoms with E-state index in [0.717, 1.165) is 18.7 Å². The molecule has 0 saturated carbocycles. The van der Waals surface area contributed by atoms with E-state index in [-0.39, 0.29) is 5.91 Å². The second-order valence-electron chi connectivity index (χ2n) is 5.51. The zero-order valence-corrected chi connectivity index (χ0v) is 12.3. The number of amides is 1. The van der Waals surface area contributed by atoms with Crippen molar-refractivity contribution in [3.63, 3.8) is 0 Å². The molecule has 1 fully saturated rings. The van der Waals surface area contributed by atoms with E-state index in [1.54, 1.807) is 0 Å². The zero-order chi connectivity index (χ0) is 13.8. The maximum absolute atomic E-state index is 12.0. The number of anilines is 1. The van der Waals surface area contributed by atoms with Gasteiger partial charge in [0.25, 0.3) is 0 Å². The number of hydrogen-bond donors (Lipinski definition) is 1. The van der Waals surface area contributed by atoms with Gasteiger partial charge >= 0.3 is 0 Å². The summed E-state index contributed by atoms with van der Waals surface area (Å²) < 4.78 is 0. The monoisotopic (exact) mass is 280 g/mol. The van der Waals surface area contributed by atoms with Crippen LogP contribution in [0.2, 0.25) is 5.02 Å². The quantitative estimate of drug-likeness (QED) is 0.921. The summed E-state index contributed by atoms with van der Waals surface area (Å²) in [5.41, 5.74) is 1.79. The van der Waals surface area contributed by atoms with Gasteiger partial charge in [-0.3, -0.25) is 9.69 Å². The Kier molecular flexibility index (Phi) is 4.83. The molecule has 1 N–H and O–H groups in total. The summed E-state index contributed by atoms with van der Waals surface area (Å²) in [5.74, 6) is 0.698. The fourth-order valence-corrected chi connectivity index (χ4v) is 2.83. The van der Waals surface area contributed by atoms with Crippen LogP contribution in [0.1, 0.15) is 25.3 Å². The van der Waals surface area contributed by atoms with Crippen molar-refractivity contribution < 1.29 is 4.79 Å². The average Bonchev–Trinajstić information content (AvgIpc) is 2.33. The molecule has 104 valence electrons. The summed E-state index contributed by atoms with van der Waals surface area (Å²) >= 11 is 6.11. The van der Waals surface area contributed by atoms with Crippen molar-refractivity contribution in [2.45, 2.75) is 26.7 Å². The maximum atomic E-state index is 12.0. The number of benzene rings is 1. The normalized spacial score (nSPS) is 20.3. The molecule has 0 aliphatic carbocycles. The Bertz CT molecular complexity index is 461. The van der Waals surface area contributed by atoms with Crippen LogP contribution in [0.25, 0.3) is 0 Å². The highest BCUT2D eigenvalue weighted by Gasteiger charge is 2.18. The molecule has 0 spiro atoms. The summed E-state index contributed by atoms with van der Waals surface area (Å²) in [6.45, 7) is 6.69. The van der Waals surface area contributed by atoms with Crippen molar-refractivity contribution in [1.29, 1.82) is 0 Å². The van der Waals surface area contributed by atoms with Gasteiger partial charge in [0.1, 0.15) is 0 Å². The zero-order valence-electron chi connectivity index (χ0n) is 11.6. The smallest absolute Gasteiger partial charge is 0.238 e. The van der Waals surface area contributed by atoms with Crippen molar-refractivity contribution >= 4 is 23.2 Å². The summed E-state index contributed by atoms with van der Waals surface area (Å²) in [6.07, 6.45) is 2.45. The van der Waals surface area contributed by atoms with Gasteiger partial charge in [-0.15, -0.1) is 0 Å². The van der Waals surface area contributed by atoms with E-state index in [9.17, 15) is 4.79 Å². The second-order valence-corrected chi connectivity index (χ2v) is 5.92. The molecule has 1 aromatic carbocycles. The predicted octanol–water partition coefficient (Wildman–Crippen LogP) is 3.32. The van der Waals surface area contributed by atoms with Gasteiger partial charge in [-0.2, -0.15) is 0 Å². The lowest BCUT2D eigenvalue weighted by atomic mass is 10.0. The summed E-state index contributed by atoms with van der Waals surface area (Å²) in [5, 5.41) is 3.48. The Morgan fingerprint density at radius 3 is 3.00 bits per heavy atom. The first-order valence-electron chi connectivity index (χ1n) is 6.83. The van der Waals surface area contributed by atoms with Gasteiger partial charge in [-0.1, -0.05) is 24.6 Å². The molecule has 1 atom stereocenters. The van der Waals surface area contributed by atoms with Crippen molar-refractivity contribution in [3.8, 4) is 0 Å². The van der Waals surface area contributed by atoms with E-state index in [1.807, 2.05) is 25.1 Å². The van der Waals surface area contributed by atoms with Crippen LogP contribution in [0.4, 0.5) is 5.69 Å². The molecular weight excluding hydrogens is 260 g/mol. The Balaban J connectivity index is 1.90. The minimum absolute atomic E-state index is 0.0138. The Morgan fingerprint density at radius 1 is 1.53 bits per heavy atom. The SMILES string of the molecule is Cc1ccc(NC(=O)CN2CCC[C@@H](C)C2)c(Cl)c1. The van der Waals surface area contributed by atoms with Gasteiger partial charge in [-0.25, -0.2) is 0 Å². The van der Waals surface area contributed by atoms with Crippen LogP contribution in [0.5, 0.6) is 0 Å². The molecule has 19 heavy (non-hydrogen) atoms. The van der Waals surface area contributed by atoms with Crippen LogP contribution in [0.3, 0.4) is 0 Å². The molecule has 1 saturated heterocycles. The number of rotatable bonds is 3. The summed E-state index contributed by atoms with van der Waals surface area (Å²) in [7, 11) is 0. The topological polar surface area (TPSA) is 32.3 Å². The number of halogens is 1. The van der Waals surface area contributed by atoms with E-state index in [1.165, 1.54) is 12.8 Å². The number of carbonyl (C=O) groups is 1. The highest BCUT2D eigenvalue weighted by Crippen LogP contribution is 2.23. The maximum Gasteiger partial charge on any atom is 0.238 e. The molecule has 1 aromatic rings. The fourth-order valence-electron chi connectivity index (χ4n) is 2.54. The molecular formula is C15H21ClN2O. The van der Waals surface area contributed by atoms with Crippen LogP contribution in [-0.4, -0.2) is 30.4 Å². The molecule has 0 bridgehead atoms. The Morgan fingerprint density at radius 2 is 2.32 bits per heavy atom. The third-order valence-corrected chi connectivity index (χ3v) is 3.82. The van der Waals surface area contributed by atoms with Crippen LogP contribution in [-0.2, 0) is 4.79 Å². The third-order valence-electron chi connectivity index (χ3n) is 3.51. The van der Waals surface area contributed by atoms with Crippen LogP contribution >= 0.6 is 11.6 Å². The number of nitrogens with one attached hydrogen (secondary N) is 1. The van der Waals surface area contributed by atoms with Gasteiger partial charge in [-0.05, 0) is 49.9 Å². The highest BCUT2D eigenvalue weighted by molar-refractivity contribution is 6.33. The predicted molar refractivity (Wildman–Crippen MR) is 79.7 cm³/mol. The largest absolute Gasteiger partial charge is 0.324 e. The molecule has 0 aromatic heterocycles. The van der Waals surface area contributed by atoms with Gasteiger partial charge in [0, 0.05) is 6.54 Å². The van der Waals surface area contributed by atoms with Gasteiger partial charge in [0.2, 0.25) is 5.91 Å². The highest BCUT2D eigenvalue weighted by atomic mass is 35.5. The lowest BCUT2D eigenvalue weighted by Gasteiger charge is -2.30.